The molecule has 0 spiro atoms. The number of rotatable bonds is 3. The average molecular weight is 406 g/mol. The number of hydrogen-bond donors (Lipinski definition) is 3. The number of amidine groups is 1. The number of likely N-dealkylation sites (tertiary alicyclic amines) is 1. The van der Waals surface area contributed by atoms with E-state index in [9.17, 15) is 9.59 Å². The van der Waals surface area contributed by atoms with Crippen molar-refractivity contribution in [2.24, 2.45) is 16.8 Å². The van der Waals surface area contributed by atoms with E-state index in [2.05, 4.69) is 22.8 Å². The number of carbonyl (C=O) groups is 2. The maximum absolute atomic E-state index is 12.7. The van der Waals surface area contributed by atoms with Gasteiger partial charge in [0.25, 0.3) is 5.91 Å². The summed E-state index contributed by atoms with van der Waals surface area (Å²) in [6, 6.07) is 5.71. The van der Waals surface area contributed by atoms with Crippen LogP contribution in [-0.2, 0) is 16.0 Å². The summed E-state index contributed by atoms with van der Waals surface area (Å²) < 4.78 is 0.804. The first-order chi connectivity index (χ1) is 13.4. The molecule has 1 saturated heterocycles. The van der Waals surface area contributed by atoms with Gasteiger partial charge in [0.1, 0.15) is 0 Å². The fourth-order valence-corrected chi connectivity index (χ4v) is 3.82. The van der Waals surface area contributed by atoms with Gasteiger partial charge >= 0.3 is 0 Å². The van der Waals surface area contributed by atoms with Crippen LogP contribution in [0.5, 0.6) is 0 Å². The molecule has 28 heavy (non-hydrogen) atoms. The van der Waals surface area contributed by atoms with E-state index in [-0.39, 0.29) is 11.7 Å². The summed E-state index contributed by atoms with van der Waals surface area (Å²) in [7, 11) is 1.76. The lowest BCUT2D eigenvalue weighted by molar-refractivity contribution is -0.119. The van der Waals surface area contributed by atoms with Crippen LogP contribution in [0, 0.1) is 0 Å². The van der Waals surface area contributed by atoms with Crippen molar-refractivity contribution >= 4 is 41.8 Å². The van der Waals surface area contributed by atoms with Crippen LogP contribution in [0.1, 0.15) is 24.8 Å². The lowest BCUT2D eigenvalue weighted by Gasteiger charge is -2.28. The average Bonchev–Trinajstić information content (AvgIpc) is 3.11. The molecule has 0 saturated carbocycles. The van der Waals surface area contributed by atoms with Crippen LogP contribution in [0.4, 0.5) is 11.4 Å². The third-order valence-corrected chi connectivity index (χ3v) is 5.50. The summed E-state index contributed by atoms with van der Waals surface area (Å²) in [6.45, 7) is 2.82. The standard InChI is InChI=1S/C18H27N7O2S/c1-22(16(26)12-23-8-3-2-4-9-23)14-6-5-13-7-10-24(15(13)11-14)18(27)17(21-19)25(20)28/h5-6,11,28H,2-4,7-10,12,19-20H2,1H3/b21-17-. The number of benzene rings is 1. The molecular weight excluding hydrogens is 378 g/mol. The molecule has 0 aromatic heterocycles. The predicted octanol–water partition coefficient (Wildman–Crippen LogP) is 0.317. The van der Waals surface area contributed by atoms with Crippen molar-refractivity contribution < 1.29 is 9.59 Å². The molecule has 10 heteroatoms. The minimum absolute atomic E-state index is 0.0328. The van der Waals surface area contributed by atoms with Crippen LogP contribution < -0.4 is 21.5 Å². The number of piperidine rings is 1. The van der Waals surface area contributed by atoms with Gasteiger partial charge in [-0.05, 0) is 62.9 Å². The first kappa shape index (κ1) is 20.4. The molecule has 4 N–H and O–H groups in total. The number of thiol groups is 1. The molecule has 2 aliphatic heterocycles. The zero-order valence-corrected chi connectivity index (χ0v) is 16.9. The van der Waals surface area contributed by atoms with E-state index in [4.69, 9.17) is 11.7 Å². The molecular formula is C18H27N7O2S. The maximum atomic E-state index is 12.7. The number of nitrogens with two attached hydrogens (primary N) is 2. The Balaban J connectivity index is 1.76. The molecule has 0 atom stereocenters. The number of hydrogen-bond acceptors (Lipinski definition) is 7. The minimum atomic E-state index is -0.432. The lowest BCUT2D eigenvalue weighted by atomic mass is 10.1. The third kappa shape index (κ3) is 4.23. The van der Waals surface area contributed by atoms with Crippen LogP contribution in [-0.4, -0.2) is 60.2 Å². The second kappa shape index (κ2) is 8.80. The molecule has 2 aliphatic rings. The Labute approximate surface area is 170 Å². The number of nitrogens with zero attached hydrogens (tertiary/aromatic N) is 5. The highest BCUT2D eigenvalue weighted by Gasteiger charge is 2.30. The van der Waals surface area contributed by atoms with Gasteiger partial charge in [0.15, 0.2) is 0 Å². The Morgan fingerprint density at radius 1 is 1.21 bits per heavy atom. The van der Waals surface area contributed by atoms with E-state index in [1.54, 1.807) is 16.8 Å². The number of likely N-dealkylation sites (N-methyl/N-ethyl adjacent to an activating group) is 1. The summed E-state index contributed by atoms with van der Waals surface area (Å²) in [5, 5.41) is 3.44. The van der Waals surface area contributed by atoms with Gasteiger partial charge in [-0.25, -0.2) is 10.3 Å². The van der Waals surface area contributed by atoms with Gasteiger partial charge in [-0.2, -0.15) is 5.10 Å². The Kier molecular flexibility index (Phi) is 6.42. The highest BCUT2D eigenvalue weighted by Crippen LogP contribution is 2.32. The predicted molar refractivity (Wildman–Crippen MR) is 113 cm³/mol. The van der Waals surface area contributed by atoms with Crippen molar-refractivity contribution in [3.8, 4) is 0 Å². The molecule has 0 bridgehead atoms. The van der Waals surface area contributed by atoms with E-state index >= 15 is 0 Å². The number of anilines is 2. The topological polar surface area (TPSA) is 112 Å². The van der Waals surface area contributed by atoms with Crippen molar-refractivity contribution in [2.45, 2.75) is 25.7 Å². The quantitative estimate of drug-likeness (QED) is 0.220. The zero-order valence-electron chi connectivity index (χ0n) is 16.0. The number of carbonyl (C=O) groups excluding carboxylic acids is 2. The van der Waals surface area contributed by atoms with Crippen LogP contribution in [0.15, 0.2) is 23.3 Å². The van der Waals surface area contributed by atoms with E-state index in [0.29, 0.717) is 19.5 Å². The van der Waals surface area contributed by atoms with Gasteiger partial charge in [-0.1, -0.05) is 12.5 Å². The minimum Gasteiger partial charge on any atom is -0.321 e. The molecule has 152 valence electrons. The molecule has 2 heterocycles. The number of amides is 2. The maximum Gasteiger partial charge on any atom is 0.297 e. The highest BCUT2D eigenvalue weighted by molar-refractivity contribution is 7.78. The van der Waals surface area contributed by atoms with Gasteiger partial charge < -0.3 is 15.6 Å². The molecule has 1 aromatic rings. The van der Waals surface area contributed by atoms with Crippen LogP contribution >= 0.6 is 12.8 Å². The summed E-state index contributed by atoms with van der Waals surface area (Å²) in [4.78, 5) is 30.8. The van der Waals surface area contributed by atoms with Crippen molar-refractivity contribution in [1.82, 2.24) is 9.31 Å². The van der Waals surface area contributed by atoms with Gasteiger partial charge in [0.2, 0.25) is 11.7 Å². The monoisotopic (exact) mass is 405 g/mol. The molecule has 0 aliphatic carbocycles. The van der Waals surface area contributed by atoms with Gasteiger partial charge in [-0.15, -0.1) is 0 Å². The molecule has 0 unspecified atom stereocenters. The number of hydrazine groups is 1. The Morgan fingerprint density at radius 3 is 2.57 bits per heavy atom. The van der Waals surface area contributed by atoms with Crippen LogP contribution in [0.3, 0.4) is 0 Å². The summed E-state index contributed by atoms with van der Waals surface area (Å²) in [5.41, 5.74) is 2.49. The van der Waals surface area contributed by atoms with Gasteiger partial charge in [0.05, 0.1) is 6.54 Å². The van der Waals surface area contributed by atoms with Crippen molar-refractivity contribution in [2.75, 3.05) is 43.0 Å². The second-order valence-corrected chi connectivity index (χ2v) is 7.54. The summed E-state index contributed by atoms with van der Waals surface area (Å²) in [6.07, 6.45) is 4.22. The van der Waals surface area contributed by atoms with Crippen molar-refractivity contribution in [3.05, 3.63) is 23.8 Å². The van der Waals surface area contributed by atoms with E-state index in [0.717, 1.165) is 47.3 Å². The molecule has 1 fully saturated rings. The largest absolute Gasteiger partial charge is 0.321 e. The molecule has 1 aromatic carbocycles. The van der Waals surface area contributed by atoms with Gasteiger partial charge in [0, 0.05) is 25.0 Å². The molecule has 0 radical (unpaired) electrons. The Bertz CT molecular complexity index is 777. The normalized spacial score (nSPS) is 17.4. The lowest BCUT2D eigenvalue weighted by Crippen LogP contribution is -2.44. The zero-order chi connectivity index (χ0) is 20.3. The molecule has 9 nitrogen and oxygen atoms in total. The summed E-state index contributed by atoms with van der Waals surface area (Å²) in [5.74, 6) is 10.2. The number of fused-ring (bicyclic) bond motifs is 1. The third-order valence-electron chi connectivity index (χ3n) is 5.31. The second-order valence-electron chi connectivity index (χ2n) is 7.11. The highest BCUT2D eigenvalue weighted by atomic mass is 32.1. The van der Waals surface area contributed by atoms with E-state index in [1.807, 2.05) is 18.2 Å². The fraction of sp³-hybridized carbons (Fsp3) is 0.500. The van der Waals surface area contributed by atoms with Crippen LogP contribution in [0.2, 0.25) is 0 Å². The Hall–Kier alpha value is -2.30. The van der Waals surface area contributed by atoms with E-state index in [1.165, 1.54) is 6.42 Å². The summed E-state index contributed by atoms with van der Waals surface area (Å²) >= 11 is 3.91. The van der Waals surface area contributed by atoms with Crippen molar-refractivity contribution in [3.63, 3.8) is 0 Å². The number of hydrazone groups is 1. The first-order valence-electron chi connectivity index (χ1n) is 9.37. The van der Waals surface area contributed by atoms with Crippen molar-refractivity contribution in [1.29, 1.82) is 0 Å². The fourth-order valence-electron chi connectivity index (χ4n) is 3.68. The Morgan fingerprint density at radius 2 is 1.93 bits per heavy atom. The van der Waals surface area contributed by atoms with E-state index < -0.39 is 5.91 Å². The SMILES string of the molecule is CN(C(=O)CN1CCCCC1)c1ccc2c(c1)N(C(=O)/C(=N/N)N(N)S)CC2. The van der Waals surface area contributed by atoms with Crippen LogP contribution in [0.25, 0.3) is 0 Å². The molecule has 3 rings (SSSR count). The van der Waals surface area contributed by atoms with Gasteiger partial charge in [-0.3, -0.25) is 14.5 Å². The smallest absolute Gasteiger partial charge is 0.297 e. The molecule has 2 amide bonds. The first-order valence-corrected chi connectivity index (χ1v) is 9.77.